The molecule has 0 spiro atoms. The van der Waals surface area contributed by atoms with E-state index < -0.39 is 0 Å². The molecule has 46 heavy (non-hydrogen) atoms. The Morgan fingerprint density at radius 1 is 0.500 bits per heavy atom. The van der Waals surface area contributed by atoms with E-state index in [-0.39, 0.29) is 10.8 Å². The molecule has 0 amide bonds. The average molecular weight is 599 g/mol. The van der Waals surface area contributed by atoms with Gasteiger partial charge in [0, 0.05) is 32.7 Å². The van der Waals surface area contributed by atoms with E-state index in [0.717, 1.165) is 72.6 Å². The fraction of sp³-hybridized carbons (Fsp3) is 0.195. The zero-order valence-electron chi connectivity index (χ0n) is 26.9. The van der Waals surface area contributed by atoms with Gasteiger partial charge in [0.1, 0.15) is 11.3 Å². The normalized spacial score (nSPS) is 13.0. The summed E-state index contributed by atoms with van der Waals surface area (Å²) in [5.41, 5.74) is 13.1. The number of nitrogens with one attached hydrogen (secondary N) is 1. The number of aromatic nitrogens is 4. The number of hydrogen-bond donors (Lipinski definition) is 1. The predicted molar refractivity (Wildman–Crippen MR) is 189 cm³/mol. The molecule has 8 bridgehead atoms. The second-order valence-electron chi connectivity index (χ2n) is 14.7. The molecule has 5 nitrogen and oxygen atoms in total. The third-order valence-electron chi connectivity index (χ3n) is 9.47. The third-order valence-corrected chi connectivity index (χ3v) is 9.47. The van der Waals surface area contributed by atoms with Crippen LogP contribution in [0.5, 0.6) is 0 Å². The van der Waals surface area contributed by atoms with Gasteiger partial charge in [-0.05, 0) is 82.6 Å². The first-order chi connectivity index (χ1) is 22.0. The Bertz CT molecular complexity index is 2550. The minimum absolute atomic E-state index is 0.0583. The molecule has 0 radical (unpaired) electrons. The van der Waals surface area contributed by atoms with Gasteiger partial charge in [0.2, 0.25) is 0 Å². The van der Waals surface area contributed by atoms with Crippen LogP contribution in [0.3, 0.4) is 0 Å². The van der Waals surface area contributed by atoms with Gasteiger partial charge in [-0.15, -0.1) is 0 Å². The van der Waals surface area contributed by atoms with Crippen LogP contribution in [0.25, 0.3) is 89.0 Å². The van der Waals surface area contributed by atoms with E-state index in [2.05, 4.69) is 107 Å². The minimum Gasteiger partial charge on any atom is -0.454 e. The Labute approximate surface area is 267 Å². The number of nitrogens with zero attached hydrogens (tertiary/aromatic N) is 3. The molecule has 0 unspecified atom stereocenters. The van der Waals surface area contributed by atoms with Crippen LogP contribution in [0.1, 0.15) is 52.7 Å². The van der Waals surface area contributed by atoms with Gasteiger partial charge in [-0.1, -0.05) is 71.9 Å². The smallest absolute Gasteiger partial charge is 0.163 e. The maximum absolute atomic E-state index is 6.49. The Kier molecular flexibility index (Phi) is 5.37. The van der Waals surface area contributed by atoms with Crippen LogP contribution < -0.4 is 0 Å². The molecular formula is C41H34N4O. The summed E-state index contributed by atoms with van der Waals surface area (Å²) < 4.78 is 6.49. The number of furan rings is 1. The van der Waals surface area contributed by atoms with E-state index in [9.17, 15) is 0 Å². The SMILES string of the molecule is CC(C)(C)c1cc2c3[nH]c4c(cc(C(C)(C)C)cc4c3c1)-c1cccc(n1)-c1nc(cc3c1oc1ccccc13)-c1cccc-2n1. The summed E-state index contributed by atoms with van der Waals surface area (Å²) in [7, 11) is 0. The number of benzene rings is 3. The first-order valence-electron chi connectivity index (χ1n) is 16.0. The first-order valence-corrected chi connectivity index (χ1v) is 16.0. The monoisotopic (exact) mass is 598 g/mol. The second-order valence-corrected chi connectivity index (χ2v) is 14.7. The van der Waals surface area contributed by atoms with Gasteiger partial charge >= 0.3 is 0 Å². The zero-order valence-corrected chi connectivity index (χ0v) is 26.9. The van der Waals surface area contributed by atoms with E-state index in [1.54, 1.807) is 0 Å². The van der Waals surface area contributed by atoms with Gasteiger partial charge in [-0.2, -0.15) is 0 Å². The fourth-order valence-electron chi connectivity index (χ4n) is 6.85. The minimum atomic E-state index is -0.0657. The van der Waals surface area contributed by atoms with E-state index in [0.29, 0.717) is 5.69 Å². The van der Waals surface area contributed by atoms with Gasteiger partial charge in [-0.25, -0.2) is 15.0 Å². The van der Waals surface area contributed by atoms with Gasteiger partial charge in [0.15, 0.2) is 5.58 Å². The molecular weight excluding hydrogens is 564 g/mol. The van der Waals surface area contributed by atoms with Crippen LogP contribution in [0, 0.1) is 0 Å². The van der Waals surface area contributed by atoms with Crippen molar-refractivity contribution in [3.8, 4) is 45.3 Å². The number of para-hydroxylation sites is 1. The number of hydrogen-bond acceptors (Lipinski definition) is 4. The van der Waals surface area contributed by atoms with Crippen molar-refractivity contribution >= 4 is 43.7 Å². The number of fused-ring (bicyclic) bond motifs is 15. The molecule has 0 atom stereocenters. The topological polar surface area (TPSA) is 67.6 Å². The Morgan fingerprint density at radius 2 is 1.07 bits per heavy atom. The van der Waals surface area contributed by atoms with Crippen molar-refractivity contribution in [2.45, 2.75) is 52.4 Å². The predicted octanol–water partition coefficient (Wildman–Crippen LogP) is 11.0. The summed E-state index contributed by atoms with van der Waals surface area (Å²) in [6.45, 7) is 13.6. The van der Waals surface area contributed by atoms with Crippen molar-refractivity contribution in [2.24, 2.45) is 0 Å². The van der Waals surface area contributed by atoms with Crippen molar-refractivity contribution in [3.05, 3.63) is 102 Å². The van der Waals surface area contributed by atoms with Crippen molar-refractivity contribution in [2.75, 3.05) is 0 Å². The molecule has 5 aromatic heterocycles. The zero-order chi connectivity index (χ0) is 31.5. The summed E-state index contributed by atoms with van der Waals surface area (Å²) in [6, 6.07) is 32.1. The Morgan fingerprint density at radius 3 is 1.70 bits per heavy atom. The molecule has 8 aromatic rings. The van der Waals surface area contributed by atoms with Crippen LogP contribution in [0.15, 0.2) is 95.4 Å². The summed E-state index contributed by atoms with van der Waals surface area (Å²) >= 11 is 0. The number of rotatable bonds is 0. The van der Waals surface area contributed by atoms with Crippen LogP contribution in [-0.2, 0) is 10.8 Å². The van der Waals surface area contributed by atoms with Crippen molar-refractivity contribution in [1.82, 2.24) is 19.9 Å². The molecule has 0 fully saturated rings. The van der Waals surface area contributed by atoms with E-state index >= 15 is 0 Å². The third kappa shape index (κ3) is 3.97. The largest absolute Gasteiger partial charge is 0.454 e. The number of aromatic amines is 1. The molecule has 0 aliphatic carbocycles. The summed E-state index contributed by atoms with van der Waals surface area (Å²) in [5.74, 6) is 0. The maximum Gasteiger partial charge on any atom is 0.163 e. The molecule has 1 aliphatic heterocycles. The quantitative estimate of drug-likeness (QED) is 0.189. The van der Waals surface area contributed by atoms with E-state index in [1.165, 1.54) is 21.9 Å². The van der Waals surface area contributed by atoms with Crippen molar-refractivity contribution in [3.63, 3.8) is 0 Å². The molecule has 3 aromatic carbocycles. The highest BCUT2D eigenvalue weighted by Gasteiger charge is 2.25. The lowest BCUT2D eigenvalue weighted by Gasteiger charge is -2.21. The highest BCUT2D eigenvalue weighted by molar-refractivity contribution is 6.16. The van der Waals surface area contributed by atoms with Crippen LogP contribution in [0.2, 0.25) is 0 Å². The van der Waals surface area contributed by atoms with Gasteiger partial charge < -0.3 is 9.40 Å². The molecule has 224 valence electrons. The Balaban J connectivity index is 1.50. The highest BCUT2D eigenvalue weighted by atomic mass is 16.3. The molecule has 1 aliphatic rings. The highest BCUT2D eigenvalue weighted by Crippen LogP contribution is 2.43. The van der Waals surface area contributed by atoms with Gasteiger partial charge in [0.25, 0.3) is 0 Å². The Hall–Kier alpha value is -5.29. The van der Waals surface area contributed by atoms with Crippen LogP contribution in [-0.4, -0.2) is 19.9 Å². The average Bonchev–Trinajstić information content (AvgIpc) is 3.61. The van der Waals surface area contributed by atoms with Crippen molar-refractivity contribution in [1.29, 1.82) is 0 Å². The van der Waals surface area contributed by atoms with E-state index in [4.69, 9.17) is 19.4 Å². The molecule has 1 N–H and O–H groups in total. The lowest BCUT2D eigenvalue weighted by Crippen LogP contribution is -2.11. The maximum atomic E-state index is 6.49. The molecule has 0 saturated carbocycles. The van der Waals surface area contributed by atoms with Gasteiger partial charge in [0.05, 0.1) is 39.5 Å². The van der Waals surface area contributed by atoms with Crippen LogP contribution in [0.4, 0.5) is 0 Å². The van der Waals surface area contributed by atoms with Gasteiger partial charge in [-0.3, -0.25) is 0 Å². The van der Waals surface area contributed by atoms with E-state index in [1.807, 2.05) is 30.3 Å². The van der Waals surface area contributed by atoms with Crippen molar-refractivity contribution < 1.29 is 4.42 Å². The summed E-state index contributed by atoms with van der Waals surface area (Å²) in [4.78, 5) is 19.7. The molecule has 9 rings (SSSR count). The molecule has 5 heteroatoms. The summed E-state index contributed by atoms with van der Waals surface area (Å²) in [6.07, 6.45) is 0. The number of H-pyrrole nitrogens is 1. The summed E-state index contributed by atoms with van der Waals surface area (Å²) in [5, 5.41) is 4.45. The number of pyridine rings is 3. The fourth-order valence-corrected chi connectivity index (χ4v) is 6.85. The second kappa shape index (κ2) is 9.13. The molecule has 0 saturated heterocycles. The van der Waals surface area contributed by atoms with Crippen LogP contribution >= 0.6 is 0 Å². The lowest BCUT2D eigenvalue weighted by atomic mass is 9.83. The standard InChI is InChI=1S/C41H34N4O/c1-40(2,3)22-17-25-26-18-23(41(4,5)6)20-29-31-13-10-15-33(43-31)38-39-27(24-11-7-8-16-35(24)46-39)21-34(44-38)32-14-9-12-30(42-32)28(19-22)36(25)45-37(26)29/h7-21,45H,1-6H3. The molecule has 6 heterocycles. The first kappa shape index (κ1) is 27.1. The lowest BCUT2D eigenvalue weighted by molar-refractivity contribution is 0.590.